The maximum Gasteiger partial charge on any atom is 0.123 e. The number of hydrogen-bond donors (Lipinski definition) is 1. The summed E-state index contributed by atoms with van der Waals surface area (Å²) in [5.74, 6) is 1.05. The van der Waals surface area contributed by atoms with E-state index in [1.54, 1.807) is 0 Å². The molecule has 5 heteroatoms. The van der Waals surface area contributed by atoms with E-state index in [4.69, 9.17) is 4.74 Å². The predicted molar refractivity (Wildman–Crippen MR) is 102 cm³/mol. The summed E-state index contributed by atoms with van der Waals surface area (Å²) in [5, 5.41) is 3.51. The van der Waals surface area contributed by atoms with Gasteiger partial charge >= 0.3 is 0 Å². The molecule has 1 unspecified atom stereocenters. The second-order valence-corrected chi connectivity index (χ2v) is 7.46. The zero-order valence-corrected chi connectivity index (χ0v) is 15.7. The number of aromatic nitrogens is 1. The Labute approximate surface area is 156 Å². The topological polar surface area (TPSA) is 37.4 Å². The van der Waals surface area contributed by atoms with Crippen molar-refractivity contribution in [1.82, 2.24) is 15.2 Å². The van der Waals surface area contributed by atoms with Gasteiger partial charge in [-0.3, -0.25) is 9.88 Å². The van der Waals surface area contributed by atoms with Crippen molar-refractivity contribution in [2.45, 2.75) is 38.5 Å². The number of fused-ring (bicyclic) bond motifs is 1. The molecule has 1 saturated heterocycles. The van der Waals surface area contributed by atoms with Crippen molar-refractivity contribution >= 4 is 12.4 Å². The molecule has 2 aliphatic heterocycles. The van der Waals surface area contributed by atoms with Gasteiger partial charge in [-0.25, -0.2) is 0 Å². The van der Waals surface area contributed by atoms with Gasteiger partial charge in [-0.15, -0.1) is 12.4 Å². The van der Waals surface area contributed by atoms with E-state index in [2.05, 4.69) is 53.3 Å². The quantitative estimate of drug-likeness (QED) is 0.911. The maximum absolute atomic E-state index is 6.00. The van der Waals surface area contributed by atoms with Gasteiger partial charge in [0.25, 0.3) is 0 Å². The van der Waals surface area contributed by atoms with Crippen molar-refractivity contribution in [2.24, 2.45) is 0 Å². The number of nitrogens with zero attached hydrogens (tertiary/aromatic N) is 2. The van der Waals surface area contributed by atoms with Crippen molar-refractivity contribution in [1.29, 1.82) is 0 Å². The summed E-state index contributed by atoms with van der Waals surface area (Å²) in [5.41, 5.74) is 3.92. The number of nitrogens with one attached hydrogen (secondary N) is 1. The van der Waals surface area contributed by atoms with Gasteiger partial charge in [0.15, 0.2) is 0 Å². The van der Waals surface area contributed by atoms with Crippen molar-refractivity contribution in [3.63, 3.8) is 0 Å². The van der Waals surface area contributed by atoms with Gasteiger partial charge in [-0.05, 0) is 42.7 Å². The van der Waals surface area contributed by atoms with E-state index in [1.165, 1.54) is 16.7 Å². The average Bonchev–Trinajstić information content (AvgIpc) is 2.89. The van der Waals surface area contributed by atoms with Gasteiger partial charge in [-0.1, -0.05) is 18.2 Å². The summed E-state index contributed by atoms with van der Waals surface area (Å²) < 4.78 is 6.00. The van der Waals surface area contributed by atoms with E-state index in [-0.39, 0.29) is 18.0 Å². The first kappa shape index (κ1) is 18.2. The van der Waals surface area contributed by atoms with Gasteiger partial charge in [0.1, 0.15) is 11.4 Å². The van der Waals surface area contributed by atoms with Crippen LogP contribution in [0.2, 0.25) is 0 Å². The SMILES string of the molecule is CC1(C)Cc2cc(CN3CCNCC3c3cccnc3)ccc2O1.Cl. The largest absolute Gasteiger partial charge is 0.487 e. The fourth-order valence-corrected chi connectivity index (χ4v) is 3.83. The van der Waals surface area contributed by atoms with Crippen LogP contribution in [0.4, 0.5) is 0 Å². The molecule has 1 atom stereocenters. The summed E-state index contributed by atoms with van der Waals surface area (Å²) in [4.78, 5) is 6.85. The molecule has 0 saturated carbocycles. The van der Waals surface area contributed by atoms with Gasteiger partial charge in [0.2, 0.25) is 0 Å². The highest BCUT2D eigenvalue weighted by Crippen LogP contribution is 2.35. The standard InChI is InChI=1S/C20H25N3O.ClH/c1-20(2)11-17-10-15(5-6-19(17)24-20)14-23-9-8-22-13-18(23)16-4-3-7-21-12-16;/h3-7,10,12,18,22H,8-9,11,13-14H2,1-2H3;1H. The maximum atomic E-state index is 6.00. The van der Waals surface area contributed by atoms with Crippen LogP contribution >= 0.6 is 12.4 Å². The predicted octanol–water partition coefficient (Wildman–Crippen LogP) is 3.36. The third-order valence-electron chi connectivity index (χ3n) is 4.94. The van der Waals surface area contributed by atoms with Gasteiger partial charge in [0.05, 0.1) is 0 Å². The molecule has 0 radical (unpaired) electrons. The zero-order chi connectivity index (χ0) is 16.6. The minimum atomic E-state index is -0.0752. The number of benzene rings is 1. The van der Waals surface area contributed by atoms with Crippen LogP contribution in [0.5, 0.6) is 5.75 Å². The molecule has 1 aromatic carbocycles. The first-order chi connectivity index (χ1) is 11.6. The normalized spacial score (nSPS) is 21.9. The Morgan fingerprint density at radius 1 is 1.32 bits per heavy atom. The van der Waals surface area contributed by atoms with Gasteiger partial charge < -0.3 is 10.1 Å². The average molecular weight is 360 g/mol. The van der Waals surface area contributed by atoms with E-state index >= 15 is 0 Å². The third-order valence-corrected chi connectivity index (χ3v) is 4.94. The van der Waals surface area contributed by atoms with Crippen molar-refractivity contribution < 1.29 is 4.74 Å². The Balaban J connectivity index is 0.00000182. The van der Waals surface area contributed by atoms with E-state index in [9.17, 15) is 0 Å². The van der Waals surface area contributed by atoms with Crippen LogP contribution in [0, 0.1) is 0 Å². The summed E-state index contributed by atoms with van der Waals surface area (Å²) in [6.45, 7) is 8.35. The van der Waals surface area contributed by atoms with Gasteiger partial charge in [0, 0.05) is 51.0 Å². The first-order valence-electron chi connectivity index (χ1n) is 8.76. The molecular formula is C20H26ClN3O. The van der Waals surface area contributed by atoms with Crippen LogP contribution in [0.25, 0.3) is 0 Å². The molecular weight excluding hydrogens is 334 g/mol. The minimum absolute atomic E-state index is 0. The fraction of sp³-hybridized carbons (Fsp3) is 0.450. The zero-order valence-electron chi connectivity index (χ0n) is 14.9. The number of rotatable bonds is 3. The van der Waals surface area contributed by atoms with Crippen molar-refractivity contribution in [3.8, 4) is 5.75 Å². The summed E-state index contributed by atoms with van der Waals surface area (Å²) in [6, 6.07) is 11.3. The van der Waals surface area contributed by atoms with Crippen LogP contribution in [0.3, 0.4) is 0 Å². The van der Waals surface area contributed by atoms with Crippen molar-refractivity contribution in [2.75, 3.05) is 19.6 Å². The van der Waals surface area contributed by atoms with Crippen molar-refractivity contribution in [3.05, 3.63) is 59.4 Å². The first-order valence-corrected chi connectivity index (χ1v) is 8.76. The minimum Gasteiger partial charge on any atom is -0.487 e. The number of piperazine rings is 1. The second-order valence-electron chi connectivity index (χ2n) is 7.46. The lowest BCUT2D eigenvalue weighted by Crippen LogP contribution is -2.45. The van der Waals surface area contributed by atoms with Crippen LogP contribution in [0.15, 0.2) is 42.7 Å². The summed E-state index contributed by atoms with van der Waals surface area (Å²) in [6.07, 6.45) is 4.82. The Kier molecular flexibility index (Phi) is 5.32. The summed E-state index contributed by atoms with van der Waals surface area (Å²) >= 11 is 0. The molecule has 4 nitrogen and oxygen atoms in total. The molecule has 1 fully saturated rings. The molecule has 25 heavy (non-hydrogen) atoms. The highest BCUT2D eigenvalue weighted by Gasteiger charge is 2.30. The molecule has 4 rings (SSSR count). The Hall–Kier alpha value is -1.62. The number of hydrogen-bond acceptors (Lipinski definition) is 4. The number of pyridine rings is 1. The monoisotopic (exact) mass is 359 g/mol. The van der Waals surface area contributed by atoms with Crippen LogP contribution < -0.4 is 10.1 Å². The lowest BCUT2D eigenvalue weighted by atomic mass is 9.99. The Morgan fingerprint density at radius 3 is 3.00 bits per heavy atom. The lowest BCUT2D eigenvalue weighted by Gasteiger charge is -2.36. The Bertz CT molecular complexity index is 720. The Morgan fingerprint density at radius 2 is 2.20 bits per heavy atom. The molecule has 0 amide bonds. The van der Waals surface area contributed by atoms with Crippen LogP contribution in [0.1, 0.15) is 36.6 Å². The highest BCUT2D eigenvalue weighted by atomic mass is 35.5. The fourth-order valence-electron chi connectivity index (χ4n) is 3.83. The molecule has 3 heterocycles. The van der Waals surface area contributed by atoms with E-state index in [0.29, 0.717) is 6.04 Å². The molecule has 2 aromatic rings. The summed E-state index contributed by atoms with van der Waals surface area (Å²) in [7, 11) is 0. The lowest BCUT2D eigenvalue weighted by molar-refractivity contribution is 0.138. The van der Waals surface area contributed by atoms with Gasteiger partial charge in [-0.2, -0.15) is 0 Å². The molecule has 1 aromatic heterocycles. The number of ether oxygens (including phenoxy) is 1. The third kappa shape index (κ3) is 3.97. The molecule has 0 bridgehead atoms. The number of halogens is 1. The van der Waals surface area contributed by atoms with Crippen LogP contribution in [-0.4, -0.2) is 35.1 Å². The molecule has 0 spiro atoms. The van der Waals surface area contributed by atoms with Crippen LogP contribution in [-0.2, 0) is 13.0 Å². The van der Waals surface area contributed by atoms with E-state index in [0.717, 1.165) is 38.3 Å². The van der Waals surface area contributed by atoms with E-state index in [1.807, 2.05) is 18.5 Å². The van der Waals surface area contributed by atoms with E-state index < -0.39 is 0 Å². The second kappa shape index (κ2) is 7.32. The highest BCUT2D eigenvalue weighted by molar-refractivity contribution is 5.85. The smallest absolute Gasteiger partial charge is 0.123 e. The molecule has 0 aliphatic carbocycles. The molecule has 1 N–H and O–H groups in total. The molecule has 2 aliphatic rings. The molecule has 134 valence electrons.